The van der Waals surface area contributed by atoms with Gasteiger partial charge in [-0.1, -0.05) is 39.7 Å². The Morgan fingerprint density at radius 2 is 2.05 bits per heavy atom. The molecular formula is C15H14BrClN2O2. The Balaban J connectivity index is 1.83. The highest BCUT2D eigenvalue weighted by Crippen LogP contribution is 2.20. The van der Waals surface area contributed by atoms with Gasteiger partial charge in [-0.2, -0.15) is 0 Å². The Labute approximate surface area is 136 Å². The molecule has 0 atom stereocenters. The zero-order valence-electron chi connectivity index (χ0n) is 11.1. The summed E-state index contributed by atoms with van der Waals surface area (Å²) >= 11 is 9.20. The number of anilines is 1. The first-order chi connectivity index (χ1) is 10.1. The summed E-state index contributed by atoms with van der Waals surface area (Å²) in [4.78, 5) is 12.0. The van der Waals surface area contributed by atoms with Gasteiger partial charge in [0.25, 0.3) is 5.91 Å². The van der Waals surface area contributed by atoms with E-state index in [4.69, 9.17) is 22.1 Å². The summed E-state index contributed by atoms with van der Waals surface area (Å²) < 4.78 is 6.25. The average molecular weight is 370 g/mol. The largest absolute Gasteiger partial charge is 0.490 e. The molecule has 6 heteroatoms. The van der Waals surface area contributed by atoms with E-state index in [2.05, 4.69) is 21.2 Å². The van der Waals surface area contributed by atoms with Gasteiger partial charge in [-0.25, -0.2) is 0 Å². The average Bonchev–Trinajstić information content (AvgIpc) is 2.44. The topological polar surface area (TPSA) is 64.3 Å². The van der Waals surface area contributed by atoms with Crippen molar-refractivity contribution in [2.24, 2.45) is 0 Å². The minimum absolute atomic E-state index is 0.206. The highest BCUT2D eigenvalue weighted by Gasteiger charge is 2.07. The third-order valence-corrected chi connectivity index (χ3v) is 3.36. The van der Waals surface area contributed by atoms with E-state index in [1.165, 1.54) is 0 Å². The molecular weight excluding hydrogens is 356 g/mol. The second kappa shape index (κ2) is 7.33. The molecule has 21 heavy (non-hydrogen) atoms. The molecule has 2 aromatic rings. The molecule has 0 fully saturated rings. The normalized spacial score (nSPS) is 10.2. The van der Waals surface area contributed by atoms with Crippen LogP contribution < -0.4 is 15.8 Å². The van der Waals surface area contributed by atoms with E-state index < -0.39 is 0 Å². The third-order valence-electron chi connectivity index (χ3n) is 2.69. The number of ether oxygens (including phenoxy) is 1. The van der Waals surface area contributed by atoms with Gasteiger partial charge < -0.3 is 15.8 Å². The molecule has 4 nitrogen and oxygen atoms in total. The molecule has 1 amide bonds. The minimum atomic E-state index is -0.206. The monoisotopic (exact) mass is 368 g/mol. The number of nitrogen functional groups attached to an aromatic ring is 1. The molecule has 0 unspecified atom stereocenters. The van der Waals surface area contributed by atoms with Crippen molar-refractivity contribution in [3.63, 3.8) is 0 Å². The number of carbonyl (C=O) groups excluding carboxylic acids is 1. The van der Waals surface area contributed by atoms with Crippen LogP contribution in [0.25, 0.3) is 0 Å². The molecule has 3 N–H and O–H groups in total. The Morgan fingerprint density at radius 3 is 2.76 bits per heavy atom. The number of halogens is 2. The second-order valence-corrected chi connectivity index (χ2v) is 5.65. The Bertz CT molecular complexity index is 629. The van der Waals surface area contributed by atoms with E-state index in [0.717, 1.165) is 4.47 Å². The molecule has 2 aromatic carbocycles. The first-order valence-corrected chi connectivity index (χ1v) is 7.45. The van der Waals surface area contributed by atoms with Crippen LogP contribution in [0.15, 0.2) is 46.9 Å². The standard InChI is InChI=1S/C15H14BrClN2O2/c16-11-7-10(8-12(17)9-11)15(20)19-5-6-21-14-4-2-1-3-13(14)18/h1-4,7-9H,5-6,18H2,(H,19,20). The summed E-state index contributed by atoms with van der Waals surface area (Å²) in [6.07, 6.45) is 0. The van der Waals surface area contributed by atoms with Crippen LogP contribution in [-0.4, -0.2) is 19.1 Å². The van der Waals surface area contributed by atoms with Crippen molar-refractivity contribution in [3.8, 4) is 5.75 Å². The predicted octanol–water partition coefficient (Wildman–Crippen LogP) is 3.49. The summed E-state index contributed by atoms with van der Waals surface area (Å²) in [6.45, 7) is 0.707. The van der Waals surface area contributed by atoms with Crippen molar-refractivity contribution < 1.29 is 9.53 Å². The molecule has 0 spiro atoms. The van der Waals surface area contributed by atoms with Crippen LogP contribution in [0.2, 0.25) is 5.02 Å². The summed E-state index contributed by atoms with van der Waals surface area (Å²) in [5.41, 5.74) is 6.82. The summed E-state index contributed by atoms with van der Waals surface area (Å²) in [6, 6.07) is 12.3. The van der Waals surface area contributed by atoms with Crippen LogP contribution in [0.3, 0.4) is 0 Å². The number of benzene rings is 2. The van der Waals surface area contributed by atoms with Crippen molar-refractivity contribution in [2.45, 2.75) is 0 Å². The van der Waals surface area contributed by atoms with E-state index in [1.54, 1.807) is 30.3 Å². The summed E-state index contributed by atoms with van der Waals surface area (Å²) in [7, 11) is 0. The lowest BCUT2D eigenvalue weighted by atomic mass is 10.2. The fraction of sp³-hybridized carbons (Fsp3) is 0.133. The van der Waals surface area contributed by atoms with Gasteiger partial charge in [0.15, 0.2) is 0 Å². The number of nitrogens with two attached hydrogens (primary N) is 1. The zero-order valence-corrected chi connectivity index (χ0v) is 13.4. The maximum absolute atomic E-state index is 12.0. The van der Waals surface area contributed by atoms with Gasteiger partial charge in [0, 0.05) is 15.1 Å². The molecule has 0 aliphatic heterocycles. The van der Waals surface area contributed by atoms with Crippen molar-refractivity contribution in [1.82, 2.24) is 5.32 Å². The molecule has 0 aliphatic rings. The van der Waals surface area contributed by atoms with E-state index in [9.17, 15) is 4.79 Å². The number of nitrogens with one attached hydrogen (secondary N) is 1. The summed E-state index contributed by atoms with van der Waals surface area (Å²) in [5, 5.41) is 3.26. The van der Waals surface area contributed by atoms with Gasteiger partial charge in [-0.3, -0.25) is 4.79 Å². The Hall–Kier alpha value is -1.72. The van der Waals surface area contributed by atoms with Gasteiger partial charge in [-0.05, 0) is 30.3 Å². The summed E-state index contributed by atoms with van der Waals surface area (Å²) in [5.74, 6) is 0.403. The lowest BCUT2D eigenvalue weighted by Gasteiger charge is -2.09. The molecule has 0 bridgehead atoms. The van der Waals surface area contributed by atoms with Crippen LogP contribution in [0.4, 0.5) is 5.69 Å². The van der Waals surface area contributed by atoms with Crippen molar-refractivity contribution in [2.75, 3.05) is 18.9 Å². The maximum atomic E-state index is 12.0. The Kier molecular flexibility index (Phi) is 5.47. The lowest BCUT2D eigenvalue weighted by molar-refractivity contribution is 0.0947. The number of hydrogen-bond acceptors (Lipinski definition) is 3. The van der Waals surface area contributed by atoms with Crippen LogP contribution in [0.5, 0.6) is 5.75 Å². The fourth-order valence-electron chi connectivity index (χ4n) is 1.72. The molecule has 0 aromatic heterocycles. The highest BCUT2D eigenvalue weighted by molar-refractivity contribution is 9.10. The molecule has 0 saturated carbocycles. The lowest BCUT2D eigenvalue weighted by Crippen LogP contribution is -2.28. The van der Waals surface area contributed by atoms with Crippen LogP contribution in [0, 0.1) is 0 Å². The van der Waals surface area contributed by atoms with Gasteiger partial charge >= 0.3 is 0 Å². The number of carbonyl (C=O) groups is 1. The first kappa shape index (κ1) is 15.7. The molecule has 0 saturated heterocycles. The van der Waals surface area contributed by atoms with E-state index in [-0.39, 0.29) is 5.91 Å². The molecule has 0 heterocycles. The number of rotatable bonds is 5. The van der Waals surface area contributed by atoms with Crippen molar-refractivity contribution in [3.05, 3.63) is 57.5 Å². The minimum Gasteiger partial charge on any atom is -0.490 e. The van der Waals surface area contributed by atoms with Crippen molar-refractivity contribution >= 4 is 39.1 Å². The highest BCUT2D eigenvalue weighted by atomic mass is 79.9. The first-order valence-electron chi connectivity index (χ1n) is 6.28. The Morgan fingerprint density at radius 1 is 1.29 bits per heavy atom. The SMILES string of the molecule is Nc1ccccc1OCCNC(=O)c1cc(Cl)cc(Br)c1. The molecule has 2 rings (SSSR count). The molecule has 0 radical (unpaired) electrons. The van der Waals surface area contributed by atoms with Crippen molar-refractivity contribution in [1.29, 1.82) is 0 Å². The zero-order chi connectivity index (χ0) is 15.2. The number of amides is 1. The second-order valence-electron chi connectivity index (χ2n) is 4.30. The van der Waals surface area contributed by atoms with Gasteiger partial charge in [0.05, 0.1) is 12.2 Å². The maximum Gasteiger partial charge on any atom is 0.251 e. The van der Waals surface area contributed by atoms with E-state index in [1.807, 2.05) is 12.1 Å². The van der Waals surface area contributed by atoms with Gasteiger partial charge in [0.1, 0.15) is 12.4 Å². The van der Waals surface area contributed by atoms with Crippen LogP contribution >= 0.6 is 27.5 Å². The van der Waals surface area contributed by atoms with Gasteiger partial charge in [0.2, 0.25) is 0 Å². The fourth-order valence-corrected chi connectivity index (χ4v) is 2.58. The molecule has 110 valence electrons. The quantitative estimate of drug-likeness (QED) is 0.626. The smallest absolute Gasteiger partial charge is 0.251 e. The molecule has 0 aliphatic carbocycles. The van der Waals surface area contributed by atoms with Crippen LogP contribution in [-0.2, 0) is 0 Å². The van der Waals surface area contributed by atoms with E-state index in [0.29, 0.717) is 35.2 Å². The van der Waals surface area contributed by atoms with Crippen LogP contribution in [0.1, 0.15) is 10.4 Å². The third kappa shape index (κ3) is 4.65. The predicted molar refractivity (Wildman–Crippen MR) is 87.8 cm³/mol. The van der Waals surface area contributed by atoms with E-state index >= 15 is 0 Å². The van der Waals surface area contributed by atoms with Gasteiger partial charge in [-0.15, -0.1) is 0 Å². The number of hydrogen-bond donors (Lipinski definition) is 2. The number of para-hydroxylation sites is 2.